The number of unbranched alkanes of at least 4 members (excludes halogenated alkanes) is 1. The van der Waals surface area contributed by atoms with Crippen molar-refractivity contribution in [1.29, 1.82) is 0 Å². The Bertz CT molecular complexity index is 1110. The maximum absolute atomic E-state index is 15.1. The molecule has 0 spiro atoms. The standard InChI is InChI=1S/C25H29FN2O3/c1-4-6-11-22-23(26)28(17(3)5-2)25(31)27(22)16-18-12-14-19(15-13-18)20-9-7-8-10-21(20)24(29)30/h7-10,12-15,17H,4-6,11,16H2,1-3H3,(H,29,30). The van der Waals surface area contributed by atoms with Gasteiger partial charge in [-0.1, -0.05) is 62.7 Å². The second-order valence-corrected chi connectivity index (χ2v) is 7.88. The topological polar surface area (TPSA) is 64.2 Å². The molecule has 0 amide bonds. The summed E-state index contributed by atoms with van der Waals surface area (Å²) in [6, 6.07) is 14.1. The summed E-state index contributed by atoms with van der Waals surface area (Å²) < 4.78 is 17.9. The molecule has 0 aliphatic heterocycles. The third-order valence-corrected chi connectivity index (χ3v) is 5.77. The van der Waals surface area contributed by atoms with E-state index in [4.69, 9.17) is 0 Å². The molecule has 3 rings (SSSR count). The summed E-state index contributed by atoms with van der Waals surface area (Å²) in [5.41, 5.74) is 2.64. The van der Waals surface area contributed by atoms with E-state index in [1.807, 2.05) is 45.0 Å². The Kier molecular flexibility index (Phi) is 7.10. The molecule has 1 aromatic heterocycles. The number of imidazole rings is 1. The van der Waals surface area contributed by atoms with Crippen molar-refractivity contribution in [2.75, 3.05) is 0 Å². The molecule has 1 unspecified atom stereocenters. The van der Waals surface area contributed by atoms with Crippen molar-refractivity contribution in [2.24, 2.45) is 0 Å². The van der Waals surface area contributed by atoms with Crippen LogP contribution in [0.3, 0.4) is 0 Å². The van der Waals surface area contributed by atoms with Crippen molar-refractivity contribution in [3.63, 3.8) is 0 Å². The first-order chi connectivity index (χ1) is 14.9. The second-order valence-electron chi connectivity index (χ2n) is 7.88. The molecule has 6 heteroatoms. The minimum Gasteiger partial charge on any atom is -0.478 e. The van der Waals surface area contributed by atoms with Crippen LogP contribution in [-0.2, 0) is 13.0 Å². The molecule has 0 aliphatic rings. The van der Waals surface area contributed by atoms with Gasteiger partial charge in [-0.25, -0.2) is 9.59 Å². The summed E-state index contributed by atoms with van der Waals surface area (Å²) in [7, 11) is 0. The minimum atomic E-state index is -0.978. The van der Waals surface area contributed by atoms with Gasteiger partial charge in [-0.2, -0.15) is 4.39 Å². The first-order valence-electron chi connectivity index (χ1n) is 10.8. The van der Waals surface area contributed by atoms with Gasteiger partial charge in [0, 0.05) is 6.04 Å². The number of benzene rings is 2. The number of hydrogen-bond acceptors (Lipinski definition) is 2. The van der Waals surface area contributed by atoms with Crippen LogP contribution in [0.25, 0.3) is 11.1 Å². The lowest BCUT2D eigenvalue weighted by atomic mass is 9.99. The summed E-state index contributed by atoms with van der Waals surface area (Å²) in [5, 5.41) is 9.43. The van der Waals surface area contributed by atoms with Crippen molar-refractivity contribution in [3.05, 3.63) is 81.8 Å². The van der Waals surface area contributed by atoms with Gasteiger partial charge >= 0.3 is 11.7 Å². The van der Waals surface area contributed by atoms with Gasteiger partial charge in [0.1, 0.15) is 0 Å². The van der Waals surface area contributed by atoms with E-state index in [1.54, 1.807) is 24.3 Å². The molecule has 1 atom stereocenters. The summed E-state index contributed by atoms with van der Waals surface area (Å²) in [6.45, 7) is 6.11. The van der Waals surface area contributed by atoms with E-state index < -0.39 is 11.9 Å². The van der Waals surface area contributed by atoms with E-state index >= 15 is 4.39 Å². The zero-order valence-electron chi connectivity index (χ0n) is 18.3. The van der Waals surface area contributed by atoms with Crippen molar-refractivity contribution < 1.29 is 14.3 Å². The quantitative estimate of drug-likeness (QED) is 0.492. The zero-order valence-corrected chi connectivity index (χ0v) is 18.3. The summed E-state index contributed by atoms with van der Waals surface area (Å²) >= 11 is 0. The fourth-order valence-corrected chi connectivity index (χ4v) is 3.78. The number of aromatic carboxylic acids is 1. The van der Waals surface area contributed by atoms with E-state index in [1.165, 1.54) is 9.13 Å². The normalized spacial score (nSPS) is 12.1. The molecule has 0 saturated heterocycles. The maximum Gasteiger partial charge on any atom is 0.336 e. The van der Waals surface area contributed by atoms with Gasteiger partial charge in [-0.05, 0) is 48.9 Å². The maximum atomic E-state index is 15.1. The molecule has 1 heterocycles. The summed E-state index contributed by atoms with van der Waals surface area (Å²) in [5.74, 6) is -1.41. The second kappa shape index (κ2) is 9.77. The van der Waals surface area contributed by atoms with Crippen LogP contribution in [0.4, 0.5) is 4.39 Å². The fourth-order valence-electron chi connectivity index (χ4n) is 3.78. The van der Waals surface area contributed by atoms with Gasteiger partial charge in [-0.15, -0.1) is 0 Å². The molecule has 0 saturated carbocycles. The molecule has 0 aliphatic carbocycles. The molecule has 31 heavy (non-hydrogen) atoms. The Morgan fingerprint density at radius 1 is 1.10 bits per heavy atom. The van der Waals surface area contributed by atoms with Crippen molar-refractivity contribution in [3.8, 4) is 11.1 Å². The van der Waals surface area contributed by atoms with E-state index in [-0.39, 0.29) is 23.8 Å². The van der Waals surface area contributed by atoms with Crippen LogP contribution >= 0.6 is 0 Å². The highest BCUT2D eigenvalue weighted by atomic mass is 19.1. The van der Waals surface area contributed by atoms with Gasteiger partial charge in [0.2, 0.25) is 5.95 Å². The molecule has 3 aromatic rings. The Morgan fingerprint density at radius 2 is 1.77 bits per heavy atom. The van der Waals surface area contributed by atoms with Gasteiger partial charge in [0.05, 0.1) is 17.8 Å². The van der Waals surface area contributed by atoms with Crippen LogP contribution < -0.4 is 5.69 Å². The molecule has 0 fully saturated rings. The highest BCUT2D eigenvalue weighted by Gasteiger charge is 2.22. The molecular weight excluding hydrogens is 395 g/mol. The van der Waals surface area contributed by atoms with Crippen LogP contribution in [0.2, 0.25) is 0 Å². The Hall–Kier alpha value is -3.15. The van der Waals surface area contributed by atoms with Crippen LogP contribution in [0.5, 0.6) is 0 Å². The Balaban J connectivity index is 1.96. The Labute approximate surface area is 181 Å². The predicted octanol–water partition coefficient (Wildman–Crippen LogP) is 5.52. The SMILES string of the molecule is CCCCc1c(F)n(C(C)CC)c(=O)n1Cc1ccc(-c2ccccc2C(=O)O)cc1. The average molecular weight is 425 g/mol. The monoisotopic (exact) mass is 424 g/mol. The molecule has 1 N–H and O–H groups in total. The molecule has 0 radical (unpaired) electrons. The van der Waals surface area contributed by atoms with Crippen LogP contribution in [-0.4, -0.2) is 20.2 Å². The zero-order chi connectivity index (χ0) is 22.5. The third kappa shape index (κ3) is 4.63. The summed E-state index contributed by atoms with van der Waals surface area (Å²) in [6.07, 6.45) is 2.92. The number of rotatable bonds is 9. The highest BCUT2D eigenvalue weighted by Crippen LogP contribution is 2.25. The number of carboxylic acids is 1. The number of carbonyl (C=O) groups is 1. The van der Waals surface area contributed by atoms with Crippen LogP contribution in [0.1, 0.15) is 67.7 Å². The highest BCUT2D eigenvalue weighted by molar-refractivity contribution is 5.95. The number of aromatic nitrogens is 2. The van der Waals surface area contributed by atoms with Crippen molar-refractivity contribution in [2.45, 2.75) is 59.0 Å². The third-order valence-electron chi connectivity index (χ3n) is 5.77. The lowest BCUT2D eigenvalue weighted by Crippen LogP contribution is -2.27. The van der Waals surface area contributed by atoms with Gasteiger partial charge in [0.15, 0.2) is 0 Å². The minimum absolute atomic E-state index is 0.205. The van der Waals surface area contributed by atoms with Gasteiger partial charge < -0.3 is 5.11 Å². The number of carboxylic acid groups (broad SMARTS) is 1. The lowest BCUT2D eigenvalue weighted by molar-refractivity contribution is 0.0697. The number of hydrogen-bond donors (Lipinski definition) is 1. The molecule has 5 nitrogen and oxygen atoms in total. The first kappa shape index (κ1) is 22.5. The smallest absolute Gasteiger partial charge is 0.336 e. The van der Waals surface area contributed by atoms with E-state index in [9.17, 15) is 14.7 Å². The van der Waals surface area contributed by atoms with E-state index in [0.29, 0.717) is 24.1 Å². The van der Waals surface area contributed by atoms with E-state index in [0.717, 1.165) is 24.0 Å². The Morgan fingerprint density at radius 3 is 2.39 bits per heavy atom. The number of halogens is 1. The molecule has 164 valence electrons. The molecular formula is C25H29FN2O3. The fraction of sp³-hybridized carbons (Fsp3) is 0.360. The lowest BCUT2D eigenvalue weighted by Gasteiger charge is -2.10. The van der Waals surface area contributed by atoms with Gasteiger partial charge in [-0.3, -0.25) is 9.13 Å². The van der Waals surface area contributed by atoms with Crippen molar-refractivity contribution >= 4 is 5.97 Å². The first-order valence-corrected chi connectivity index (χ1v) is 10.8. The van der Waals surface area contributed by atoms with E-state index in [2.05, 4.69) is 0 Å². The van der Waals surface area contributed by atoms with Crippen LogP contribution in [0.15, 0.2) is 53.3 Å². The summed E-state index contributed by atoms with van der Waals surface area (Å²) in [4.78, 5) is 24.5. The van der Waals surface area contributed by atoms with Gasteiger partial charge in [0.25, 0.3) is 0 Å². The average Bonchev–Trinajstić information content (AvgIpc) is 3.01. The van der Waals surface area contributed by atoms with Crippen molar-refractivity contribution in [1.82, 2.24) is 9.13 Å². The largest absolute Gasteiger partial charge is 0.478 e. The predicted molar refractivity (Wildman–Crippen MR) is 120 cm³/mol. The number of nitrogens with zero attached hydrogens (tertiary/aromatic N) is 2. The molecule has 0 bridgehead atoms. The molecule has 2 aromatic carbocycles. The van der Waals surface area contributed by atoms with Crippen LogP contribution in [0, 0.1) is 5.95 Å².